The topological polar surface area (TPSA) is 69.7 Å². The summed E-state index contributed by atoms with van der Waals surface area (Å²) in [5, 5.41) is 0. The van der Waals surface area contributed by atoms with Crippen LogP contribution in [0.25, 0.3) is 0 Å². The largest absolute Gasteiger partial charge is 0.614 e. The predicted octanol–water partition coefficient (Wildman–Crippen LogP) is -0.795. The molecule has 2 heterocycles. The van der Waals surface area contributed by atoms with Crippen molar-refractivity contribution in [3.8, 4) is 0 Å². The van der Waals surface area contributed by atoms with Crippen LogP contribution in [0.2, 0.25) is 0 Å². The Morgan fingerprint density at radius 2 is 1.63 bits per heavy atom. The van der Waals surface area contributed by atoms with E-state index in [-0.39, 0.29) is 29.4 Å². The van der Waals surface area contributed by atoms with Gasteiger partial charge in [-0.05, 0) is 0 Å². The van der Waals surface area contributed by atoms with E-state index in [1.807, 2.05) is 0 Å². The second kappa shape index (κ2) is 3.67. The van der Waals surface area contributed by atoms with Crippen molar-refractivity contribution < 1.29 is 28.1 Å². The molecular weight excluding hydrogens is 249 g/mol. The fraction of sp³-hybridized carbons (Fsp3) is 0.250. The number of hydrogen-bond acceptors (Lipinski definition) is 5. The van der Waals surface area contributed by atoms with Crippen LogP contribution >= 0.6 is 0 Å². The van der Waals surface area contributed by atoms with Crippen molar-refractivity contribution in [2.45, 2.75) is 0 Å². The number of aldehydes is 1. The molecule has 2 fully saturated rings. The molecule has 0 radical (unpaired) electrons. The lowest BCUT2D eigenvalue weighted by Gasteiger charge is -2.39. The molecule has 0 saturated carbocycles. The van der Waals surface area contributed by atoms with E-state index in [9.17, 15) is 14.4 Å². The van der Waals surface area contributed by atoms with Gasteiger partial charge in [0, 0.05) is 12.6 Å². The third kappa shape index (κ3) is 1.51. The Bertz CT molecular complexity index is 562. The second-order valence-corrected chi connectivity index (χ2v) is 5.23. The number of rotatable bonds is 2. The first-order valence-corrected chi connectivity index (χ1v) is 5.97. The number of quaternary nitrogens is 1. The Morgan fingerprint density at radius 1 is 1.11 bits per heavy atom. The fourth-order valence-electron chi connectivity index (χ4n) is 2.91. The van der Waals surface area contributed by atoms with E-state index in [1.54, 1.807) is 31.3 Å². The number of fused-ring (bicyclic) bond motifs is 1. The minimum atomic E-state index is -2.19. The SMILES string of the molecule is C[N+]12CC(=O)O[B-]1(c1ccc(C=O)cc1)OC(=O)C2. The maximum absolute atomic E-state index is 11.6. The first-order chi connectivity index (χ1) is 8.99. The highest BCUT2D eigenvalue weighted by Gasteiger charge is 2.65. The summed E-state index contributed by atoms with van der Waals surface area (Å²) in [6.07, 6.45) is 0.726. The van der Waals surface area contributed by atoms with Gasteiger partial charge < -0.3 is 13.7 Å². The highest BCUT2D eigenvalue weighted by atomic mass is 16.7. The van der Waals surface area contributed by atoms with Crippen LogP contribution in [0.4, 0.5) is 0 Å². The summed E-state index contributed by atoms with van der Waals surface area (Å²) >= 11 is 0. The molecule has 0 bridgehead atoms. The predicted molar refractivity (Wildman–Crippen MR) is 65.3 cm³/mol. The van der Waals surface area contributed by atoms with Crippen molar-refractivity contribution in [3.05, 3.63) is 29.8 Å². The van der Waals surface area contributed by atoms with E-state index in [0.717, 1.165) is 6.29 Å². The molecule has 98 valence electrons. The van der Waals surface area contributed by atoms with Gasteiger partial charge in [0.25, 0.3) is 0 Å². The molecule has 2 aliphatic heterocycles. The third-order valence-corrected chi connectivity index (χ3v) is 3.88. The summed E-state index contributed by atoms with van der Waals surface area (Å²) < 4.78 is 10.8. The lowest BCUT2D eigenvalue weighted by molar-refractivity contribution is -0.791. The molecular formula is C12H12BNO5. The molecule has 0 aliphatic carbocycles. The Kier molecular flexibility index (Phi) is 2.31. The summed E-state index contributed by atoms with van der Waals surface area (Å²) in [6, 6.07) is 6.55. The lowest BCUT2D eigenvalue weighted by atomic mass is 9.61. The van der Waals surface area contributed by atoms with Crippen LogP contribution in [0.3, 0.4) is 0 Å². The van der Waals surface area contributed by atoms with E-state index in [4.69, 9.17) is 9.31 Å². The average Bonchev–Trinajstić information content (AvgIpc) is 2.74. The fourth-order valence-corrected chi connectivity index (χ4v) is 2.91. The minimum Gasteiger partial charge on any atom is -0.596 e. The number of nitrogens with zero attached hydrogens (tertiary/aromatic N) is 1. The Hall–Kier alpha value is -2.15. The standard InChI is InChI=1S/C12H12BNO5/c1-14-6-11(16)18-13(14,19-12(17)7-14)10-4-2-9(8-15)3-5-10/h2-5,8H,6-7H2,1H3. The van der Waals surface area contributed by atoms with Crippen LogP contribution < -0.4 is 5.46 Å². The summed E-state index contributed by atoms with van der Waals surface area (Å²) in [4.78, 5) is 33.9. The first-order valence-electron chi connectivity index (χ1n) is 5.97. The monoisotopic (exact) mass is 261 g/mol. The minimum absolute atomic E-state index is 0.109. The van der Waals surface area contributed by atoms with E-state index in [0.29, 0.717) is 11.0 Å². The molecule has 7 heteroatoms. The second-order valence-electron chi connectivity index (χ2n) is 5.23. The van der Waals surface area contributed by atoms with Gasteiger partial charge >= 0.3 is 18.6 Å². The van der Waals surface area contributed by atoms with Gasteiger partial charge in [0.1, 0.15) is 19.4 Å². The van der Waals surface area contributed by atoms with Crippen molar-refractivity contribution in [1.82, 2.24) is 0 Å². The molecule has 0 unspecified atom stereocenters. The number of likely N-dealkylation sites (N-methyl/N-ethyl adjacent to an activating group) is 1. The lowest BCUT2D eigenvalue weighted by Crippen LogP contribution is -2.67. The van der Waals surface area contributed by atoms with Crippen LogP contribution in [0.15, 0.2) is 24.3 Å². The van der Waals surface area contributed by atoms with Gasteiger partial charge in [0.05, 0.1) is 0 Å². The molecule has 6 nitrogen and oxygen atoms in total. The zero-order valence-corrected chi connectivity index (χ0v) is 10.4. The number of benzene rings is 1. The summed E-state index contributed by atoms with van der Waals surface area (Å²) in [6.45, 7) is -1.96. The van der Waals surface area contributed by atoms with E-state index in [1.165, 1.54) is 0 Å². The summed E-state index contributed by atoms with van der Waals surface area (Å²) in [7, 11) is 1.77. The van der Waals surface area contributed by atoms with Crippen molar-refractivity contribution in [1.29, 1.82) is 0 Å². The van der Waals surface area contributed by atoms with Gasteiger partial charge in [-0.15, -0.1) is 0 Å². The van der Waals surface area contributed by atoms with Crippen LogP contribution in [0.1, 0.15) is 10.4 Å². The van der Waals surface area contributed by atoms with Gasteiger partial charge in [-0.3, -0.25) is 14.4 Å². The normalized spacial score (nSPS) is 32.7. The third-order valence-electron chi connectivity index (χ3n) is 3.88. The van der Waals surface area contributed by atoms with Crippen LogP contribution in [-0.2, 0) is 18.9 Å². The molecule has 3 rings (SSSR count). The molecule has 1 aromatic carbocycles. The Labute approximate surface area is 109 Å². The Morgan fingerprint density at radius 3 is 2.11 bits per heavy atom. The van der Waals surface area contributed by atoms with Crippen LogP contribution in [-0.4, -0.2) is 49.4 Å². The highest BCUT2D eigenvalue weighted by Crippen LogP contribution is 2.33. The van der Waals surface area contributed by atoms with Crippen molar-refractivity contribution in [3.63, 3.8) is 0 Å². The molecule has 2 aliphatic rings. The van der Waals surface area contributed by atoms with E-state index in [2.05, 4.69) is 0 Å². The molecule has 1 aromatic rings. The smallest absolute Gasteiger partial charge is 0.596 e. The number of carbonyl (C=O) groups is 3. The highest BCUT2D eigenvalue weighted by molar-refractivity contribution is 6.79. The molecule has 2 saturated heterocycles. The maximum atomic E-state index is 11.6. The van der Waals surface area contributed by atoms with Gasteiger partial charge in [-0.1, -0.05) is 29.7 Å². The number of hydrogen-bond donors (Lipinski definition) is 0. The van der Waals surface area contributed by atoms with Crippen LogP contribution in [0, 0.1) is 0 Å². The quantitative estimate of drug-likeness (QED) is 0.515. The molecule has 0 amide bonds. The first kappa shape index (κ1) is 11.9. The maximum Gasteiger partial charge on any atom is 0.614 e. The Balaban J connectivity index is 2.11. The molecule has 19 heavy (non-hydrogen) atoms. The zero-order chi connectivity index (χ0) is 13.7. The van der Waals surface area contributed by atoms with Crippen molar-refractivity contribution in [2.75, 3.05) is 20.1 Å². The zero-order valence-electron chi connectivity index (χ0n) is 10.4. The van der Waals surface area contributed by atoms with Gasteiger partial charge in [0.2, 0.25) is 0 Å². The molecule has 0 aromatic heterocycles. The van der Waals surface area contributed by atoms with Crippen LogP contribution in [0.5, 0.6) is 0 Å². The van der Waals surface area contributed by atoms with E-state index < -0.39 is 6.69 Å². The molecule has 0 spiro atoms. The van der Waals surface area contributed by atoms with E-state index >= 15 is 0 Å². The summed E-state index contributed by atoms with van der Waals surface area (Å²) in [5.74, 6) is -0.760. The average molecular weight is 261 g/mol. The van der Waals surface area contributed by atoms with Crippen molar-refractivity contribution >= 4 is 30.4 Å². The number of carbonyl (C=O) groups excluding carboxylic acids is 3. The van der Waals surface area contributed by atoms with Gasteiger partial charge in [-0.25, -0.2) is 0 Å². The van der Waals surface area contributed by atoms with Gasteiger partial charge in [0.15, 0.2) is 0 Å². The van der Waals surface area contributed by atoms with Gasteiger partial charge in [-0.2, -0.15) is 0 Å². The van der Waals surface area contributed by atoms with Crippen molar-refractivity contribution in [2.24, 2.45) is 0 Å². The summed E-state index contributed by atoms with van der Waals surface area (Å²) in [5.41, 5.74) is 1.13. The molecule has 0 atom stereocenters. The molecule has 0 N–H and O–H groups in total.